The first-order valence-electron chi connectivity index (χ1n) is 11.6. The van der Waals surface area contributed by atoms with Crippen molar-refractivity contribution in [3.05, 3.63) is 0 Å². The van der Waals surface area contributed by atoms with Crippen LogP contribution in [0.5, 0.6) is 0 Å². The first kappa shape index (κ1) is 26.9. The van der Waals surface area contributed by atoms with E-state index >= 15 is 0 Å². The summed E-state index contributed by atoms with van der Waals surface area (Å²) in [4.78, 5) is 31.8. The molecule has 0 aliphatic carbocycles. The third-order valence-electron chi connectivity index (χ3n) is 4.94. The van der Waals surface area contributed by atoms with Gasteiger partial charge in [-0.3, -0.25) is 0 Å². The van der Waals surface area contributed by atoms with Crippen molar-refractivity contribution in [1.29, 1.82) is 0 Å². The minimum Gasteiger partial charge on any atom is -0.385 e. The van der Waals surface area contributed by atoms with E-state index in [2.05, 4.69) is 16.7 Å². The summed E-state index contributed by atoms with van der Waals surface area (Å²) in [7, 11) is 1.57. The van der Waals surface area contributed by atoms with Crippen molar-refractivity contribution in [2.45, 2.75) is 122 Å². The Labute approximate surface area is 172 Å². The van der Waals surface area contributed by atoms with Crippen molar-refractivity contribution in [3.8, 4) is 0 Å². The van der Waals surface area contributed by atoms with Gasteiger partial charge in [-0.25, -0.2) is 19.4 Å². The number of carbonyl (C=O) groups is 2. The molecule has 0 aromatic carbocycles. The lowest BCUT2D eigenvalue weighted by Crippen LogP contribution is -2.11. The maximum atomic E-state index is 11.5. The average Bonchev–Trinajstić information content (AvgIpc) is 2.69. The Morgan fingerprint density at radius 2 is 0.893 bits per heavy atom. The van der Waals surface area contributed by atoms with Crippen LogP contribution in [0.25, 0.3) is 0 Å². The molecule has 28 heavy (non-hydrogen) atoms. The standard InChI is InChI=1S/C23H44O5/c1-3-4-5-6-7-8-9-10-11-12-13-14-15-16-17-19-22(24)27-28-23(25)20-18-21-26-2/h3-21H2,1-2H3. The molecule has 0 saturated carbocycles. The molecule has 0 saturated heterocycles. The molecule has 0 atom stereocenters. The molecule has 0 aliphatic heterocycles. The lowest BCUT2D eigenvalue weighted by Gasteiger charge is -2.04. The van der Waals surface area contributed by atoms with Crippen molar-refractivity contribution < 1.29 is 24.1 Å². The fourth-order valence-corrected chi connectivity index (χ4v) is 3.18. The van der Waals surface area contributed by atoms with Gasteiger partial charge in [-0.1, -0.05) is 96.8 Å². The number of rotatable bonds is 20. The largest absolute Gasteiger partial charge is 0.385 e. The number of hydrogen-bond donors (Lipinski definition) is 0. The second kappa shape index (κ2) is 22.2. The minimum absolute atomic E-state index is 0.195. The highest BCUT2D eigenvalue weighted by Crippen LogP contribution is 2.13. The Bertz CT molecular complexity index is 357. The Hall–Kier alpha value is -1.10. The normalized spacial score (nSPS) is 10.8. The molecule has 5 nitrogen and oxygen atoms in total. The van der Waals surface area contributed by atoms with Crippen molar-refractivity contribution in [1.82, 2.24) is 0 Å². The topological polar surface area (TPSA) is 61.8 Å². The molecule has 0 spiro atoms. The number of unbranched alkanes of at least 4 members (excludes halogenated alkanes) is 14. The van der Waals surface area contributed by atoms with Gasteiger partial charge in [0.25, 0.3) is 0 Å². The van der Waals surface area contributed by atoms with E-state index in [9.17, 15) is 9.59 Å². The van der Waals surface area contributed by atoms with E-state index < -0.39 is 11.9 Å². The van der Waals surface area contributed by atoms with Crippen molar-refractivity contribution in [2.75, 3.05) is 13.7 Å². The zero-order valence-corrected chi connectivity index (χ0v) is 18.5. The van der Waals surface area contributed by atoms with Crippen LogP contribution in [0.3, 0.4) is 0 Å². The molecule has 0 N–H and O–H groups in total. The molecule has 0 rings (SSSR count). The van der Waals surface area contributed by atoms with Gasteiger partial charge < -0.3 is 4.74 Å². The average molecular weight is 401 g/mol. The van der Waals surface area contributed by atoms with Gasteiger partial charge in [0, 0.05) is 13.7 Å². The van der Waals surface area contributed by atoms with Crippen LogP contribution < -0.4 is 0 Å². The van der Waals surface area contributed by atoms with Crippen LogP contribution in [-0.2, 0) is 24.1 Å². The van der Waals surface area contributed by atoms with Crippen molar-refractivity contribution in [2.24, 2.45) is 0 Å². The van der Waals surface area contributed by atoms with Crippen LogP contribution >= 0.6 is 0 Å². The van der Waals surface area contributed by atoms with E-state index in [-0.39, 0.29) is 6.42 Å². The number of methoxy groups -OCH3 is 1. The molecular weight excluding hydrogens is 356 g/mol. The molecule has 5 heteroatoms. The second-order valence-corrected chi connectivity index (χ2v) is 7.71. The molecule has 0 heterocycles. The number of carbonyl (C=O) groups excluding carboxylic acids is 2. The summed E-state index contributed by atoms with van der Waals surface area (Å²) in [6.45, 7) is 2.75. The van der Waals surface area contributed by atoms with Crippen LogP contribution in [0.2, 0.25) is 0 Å². The molecular formula is C23H44O5. The van der Waals surface area contributed by atoms with Crippen LogP contribution in [0.4, 0.5) is 0 Å². The lowest BCUT2D eigenvalue weighted by molar-refractivity contribution is -0.259. The number of hydrogen-bond acceptors (Lipinski definition) is 5. The monoisotopic (exact) mass is 400 g/mol. The maximum absolute atomic E-state index is 11.5. The summed E-state index contributed by atoms with van der Waals surface area (Å²) < 4.78 is 4.84. The van der Waals surface area contributed by atoms with Crippen LogP contribution in [0.1, 0.15) is 122 Å². The zero-order chi connectivity index (χ0) is 20.7. The van der Waals surface area contributed by atoms with Gasteiger partial charge in [-0.2, -0.15) is 0 Å². The highest BCUT2D eigenvalue weighted by Gasteiger charge is 2.09. The molecule has 0 aliphatic rings. The highest BCUT2D eigenvalue weighted by molar-refractivity contribution is 5.72. The molecule has 0 fully saturated rings. The third kappa shape index (κ3) is 21.2. The highest BCUT2D eigenvalue weighted by atomic mass is 17.2. The Kier molecular flexibility index (Phi) is 21.3. The summed E-state index contributed by atoms with van der Waals surface area (Å²) in [5, 5.41) is 0. The van der Waals surface area contributed by atoms with E-state index in [4.69, 9.17) is 4.74 Å². The fraction of sp³-hybridized carbons (Fsp3) is 0.913. The fourth-order valence-electron chi connectivity index (χ4n) is 3.18. The van der Waals surface area contributed by atoms with Crippen molar-refractivity contribution >= 4 is 11.9 Å². The SMILES string of the molecule is CCCCCCCCCCCCCCCCCC(=O)OOC(=O)CCCOC. The summed E-state index contributed by atoms with van der Waals surface area (Å²) in [6, 6.07) is 0. The van der Waals surface area contributed by atoms with Gasteiger partial charge in [0.05, 0.1) is 12.8 Å². The van der Waals surface area contributed by atoms with Gasteiger partial charge in [0.15, 0.2) is 0 Å². The van der Waals surface area contributed by atoms with Gasteiger partial charge in [0.2, 0.25) is 0 Å². The first-order valence-corrected chi connectivity index (χ1v) is 11.6. The molecule has 0 bridgehead atoms. The lowest BCUT2D eigenvalue weighted by atomic mass is 10.0. The Morgan fingerprint density at radius 1 is 0.536 bits per heavy atom. The third-order valence-corrected chi connectivity index (χ3v) is 4.94. The molecule has 166 valence electrons. The van der Waals surface area contributed by atoms with Crippen LogP contribution in [0, 0.1) is 0 Å². The van der Waals surface area contributed by atoms with E-state index in [1.807, 2.05) is 0 Å². The predicted molar refractivity (Wildman–Crippen MR) is 113 cm³/mol. The van der Waals surface area contributed by atoms with Gasteiger partial charge in [0.1, 0.15) is 0 Å². The van der Waals surface area contributed by atoms with E-state index in [1.165, 1.54) is 77.0 Å². The van der Waals surface area contributed by atoms with E-state index in [0.29, 0.717) is 19.4 Å². The minimum atomic E-state index is -0.526. The quantitative estimate of drug-likeness (QED) is 0.130. The number of ether oxygens (including phenoxy) is 1. The maximum Gasteiger partial charge on any atom is 0.355 e. The molecule has 0 amide bonds. The second-order valence-electron chi connectivity index (χ2n) is 7.71. The first-order chi connectivity index (χ1) is 13.7. The van der Waals surface area contributed by atoms with Crippen molar-refractivity contribution in [3.63, 3.8) is 0 Å². The van der Waals surface area contributed by atoms with Gasteiger partial charge in [-0.15, -0.1) is 0 Å². The predicted octanol–water partition coefficient (Wildman–Crippen LogP) is 6.68. The molecule has 0 aromatic heterocycles. The van der Waals surface area contributed by atoms with Gasteiger partial charge in [-0.05, 0) is 12.8 Å². The smallest absolute Gasteiger partial charge is 0.355 e. The Morgan fingerprint density at radius 3 is 1.29 bits per heavy atom. The van der Waals surface area contributed by atoms with Gasteiger partial charge >= 0.3 is 11.9 Å². The van der Waals surface area contributed by atoms with Crippen LogP contribution in [0.15, 0.2) is 0 Å². The summed E-state index contributed by atoms with van der Waals surface area (Å²) in [5.41, 5.74) is 0. The van der Waals surface area contributed by atoms with Crippen LogP contribution in [-0.4, -0.2) is 25.7 Å². The summed E-state index contributed by atoms with van der Waals surface area (Å²) in [5.74, 6) is -0.989. The summed E-state index contributed by atoms with van der Waals surface area (Å²) in [6.07, 6.45) is 20.4. The molecule has 0 radical (unpaired) electrons. The molecule has 0 aromatic rings. The summed E-state index contributed by atoms with van der Waals surface area (Å²) >= 11 is 0. The molecule has 0 unspecified atom stereocenters. The van der Waals surface area contributed by atoms with E-state index in [0.717, 1.165) is 19.3 Å². The van der Waals surface area contributed by atoms with E-state index in [1.54, 1.807) is 7.11 Å². The Balaban J connectivity index is 3.22. The zero-order valence-electron chi connectivity index (χ0n) is 18.5.